The summed E-state index contributed by atoms with van der Waals surface area (Å²) in [6.07, 6.45) is 0. The van der Waals surface area contributed by atoms with Gasteiger partial charge in [-0.25, -0.2) is 4.98 Å². The fourth-order valence-electron chi connectivity index (χ4n) is 3.02. The summed E-state index contributed by atoms with van der Waals surface area (Å²) in [6.45, 7) is 5.66. The smallest absolute Gasteiger partial charge is 0.147 e. The Morgan fingerprint density at radius 1 is 1.14 bits per heavy atom. The Morgan fingerprint density at radius 2 is 2.00 bits per heavy atom. The van der Waals surface area contributed by atoms with Crippen molar-refractivity contribution in [2.45, 2.75) is 26.6 Å². The van der Waals surface area contributed by atoms with Gasteiger partial charge in [-0.05, 0) is 19.1 Å². The van der Waals surface area contributed by atoms with Crippen LogP contribution in [-0.4, -0.2) is 35.8 Å². The van der Waals surface area contributed by atoms with Crippen LogP contribution in [0.25, 0.3) is 11.0 Å². The topological polar surface area (TPSA) is 51.8 Å². The van der Waals surface area contributed by atoms with Gasteiger partial charge in [-0.2, -0.15) is 0 Å². The third kappa shape index (κ3) is 2.03. The van der Waals surface area contributed by atoms with Crippen molar-refractivity contribution < 1.29 is 0 Å². The van der Waals surface area contributed by atoms with Gasteiger partial charge < -0.3 is 9.13 Å². The summed E-state index contributed by atoms with van der Waals surface area (Å²) in [6, 6.07) is 8.27. The maximum atomic E-state index is 4.75. The van der Waals surface area contributed by atoms with Gasteiger partial charge in [-0.1, -0.05) is 12.1 Å². The van der Waals surface area contributed by atoms with Crippen molar-refractivity contribution in [3.05, 3.63) is 41.7 Å². The fraction of sp³-hybridized carbons (Fsp3) is 0.400. The molecule has 6 heteroatoms. The monoisotopic (exact) mass is 282 g/mol. The fourth-order valence-corrected chi connectivity index (χ4v) is 3.02. The van der Waals surface area contributed by atoms with Crippen LogP contribution in [0.2, 0.25) is 0 Å². The Kier molecular flexibility index (Phi) is 2.78. The van der Waals surface area contributed by atoms with E-state index in [2.05, 4.69) is 49.5 Å². The molecule has 3 aromatic rings. The van der Waals surface area contributed by atoms with Gasteiger partial charge >= 0.3 is 0 Å². The second kappa shape index (κ2) is 4.66. The first kappa shape index (κ1) is 12.5. The molecule has 0 atom stereocenters. The zero-order valence-corrected chi connectivity index (χ0v) is 12.3. The zero-order chi connectivity index (χ0) is 14.4. The number of aryl methyl sites for hydroxylation is 2. The number of nitrogens with zero attached hydrogens (tertiary/aromatic N) is 6. The molecule has 0 N–H and O–H groups in total. The Hall–Kier alpha value is -2.21. The lowest BCUT2D eigenvalue weighted by Gasteiger charge is -2.27. The summed E-state index contributed by atoms with van der Waals surface area (Å²) in [5, 5.41) is 8.41. The van der Waals surface area contributed by atoms with Gasteiger partial charge in [-0.15, -0.1) is 10.2 Å². The first-order valence-corrected chi connectivity index (χ1v) is 7.24. The summed E-state index contributed by atoms with van der Waals surface area (Å²) in [5.74, 6) is 3.16. The zero-order valence-electron chi connectivity index (χ0n) is 12.3. The maximum Gasteiger partial charge on any atom is 0.147 e. The Labute approximate surface area is 123 Å². The van der Waals surface area contributed by atoms with Crippen LogP contribution >= 0.6 is 0 Å². The van der Waals surface area contributed by atoms with Crippen molar-refractivity contribution >= 4 is 11.0 Å². The number of benzene rings is 1. The molecule has 0 unspecified atom stereocenters. The largest absolute Gasteiger partial charge is 0.330 e. The van der Waals surface area contributed by atoms with Crippen LogP contribution in [0.3, 0.4) is 0 Å². The highest BCUT2D eigenvalue weighted by atomic mass is 15.3. The predicted octanol–water partition coefficient (Wildman–Crippen LogP) is 1.49. The number of fused-ring (bicyclic) bond motifs is 2. The lowest BCUT2D eigenvalue weighted by molar-refractivity contribution is 0.201. The molecule has 108 valence electrons. The van der Waals surface area contributed by atoms with Crippen LogP contribution in [0.1, 0.15) is 17.5 Å². The highest BCUT2D eigenvalue weighted by molar-refractivity contribution is 5.75. The van der Waals surface area contributed by atoms with Crippen LogP contribution < -0.4 is 0 Å². The van der Waals surface area contributed by atoms with Crippen LogP contribution in [0, 0.1) is 6.92 Å². The lowest BCUT2D eigenvalue weighted by atomic mass is 10.3. The quantitative estimate of drug-likeness (QED) is 0.714. The van der Waals surface area contributed by atoms with E-state index in [1.54, 1.807) is 0 Å². The molecule has 0 aliphatic carbocycles. The first-order valence-electron chi connectivity index (χ1n) is 7.24. The molecule has 4 rings (SSSR count). The summed E-state index contributed by atoms with van der Waals surface area (Å²) < 4.78 is 4.38. The summed E-state index contributed by atoms with van der Waals surface area (Å²) in [4.78, 5) is 7.13. The molecule has 6 nitrogen and oxygen atoms in total. The van der Waals surface area contributed by atoms with Crippen molar-refractivity contribution in [1.82, 2.24) is 29.2 Å². The molecule has 3 heterocycles. The standard InChI is InChI=1S/C15H18N6/c1-11-17-18-15-10-20(7-8-21(11)15)9-14-16-12-5-3-4-6-13(12)19(14)2/h3-6H,7-10H2,1-2H3. The van der Waals surface area contributed by atoms with Gasteiger partial charge in [0.05, 0.1) is 24.1 Å². The molecule has 0 radical (unpaired) electrons. The van der Waals surface area contributed by atoms with E-state index in [1.165, 1.54) is 5.52 Å². The highest BCUT2D eigenvalue weighted by Crippen LogP contribution is 2.18. The number of rotatable bonds is 2. The molecule has 0 bridgehead atoms. The third-order valence-corrected chi connectivity index (χ3v) is 4.26. The van der Waals surface area contributed by atoms with Crippen LogP contribution in [0.4, 0.5) is 0 Å². The summed E-state index contributed by atoms with van der Waals surface area (Å²) in [5.41, 5.74) is 2.24. The van der Waals surface area contributed by atoms with E-state index in [1.807, 2.05) is 13.0 Å². The first-order chi connectivity index (χ1) is 10.2. The third-order valence-electron chi connectivity index (χ3n) is 4.26. The second-order valence-electron chi connectivity index (χ2n) is 5.60. The van der Waals surface area contributed by atoms with E-state index in [0.717, 1.165) is 49.2 Å². The molecular formula is C15H18N6. The molecule has 0 saturated heterocycles. The van der Waals surface area contributed by atoms with Gasteiger partial charge in [0, 0.05) is 20.1 Å². The number of aromatic nitrogens is 5. The molecule has 1 aliphatic rings. The van der Waals surface area contributed by atoms with Crippen molar-refractivity contribution in [2.75, 3.05) is 6.54 Å². The molecule has 0 spiro atoms. The summed E-state index contributed by atoms with van der Waals surface area (Å²) >= 11 is 0. The average Bonchev–Trinajstić information content (AvgIpc) is 3.01. The van der Waals surface area contributed by atoms with E-state index < -0.39 is 0 Å². The van der Waals surface area contributed by atoms with Crippen LogP contribution in [0.15, 0.2) is 24.3 Å². The van der Waals surface area contributed by atoms with E-state index in [-0.39, 0.29) is 0 Å². The van der Waals surface area contributed by atoms with Gasteiger partial charge in [0.25, 0.3) is 0 Å². The Morgan fingerprint density at radius 3 is 2.86 bits per heavy atom. The number of hydrogen-bond donors (Lipinski definition) is 0. The predicted molar refractivity (Wildman–Crippen MR) is 79.6 cm³/mol. The molecule has 1 aliphatic heterocycles. The Balaban J connectivity index is 1.60. The van der Waals surface area contributed by atoms with Gasteiger partial charge in [0.15, 0.2) is 0 Å². The minimum atomic E-state index is 0.837. The van der Waals surface area contributed by atoms with E-state index >= 15 is 0 Å². The van der Waals surface area contributed by atoms with Crippen molar-refractivity contribution in [2.24, 2.45) is 7.05 Å². The highest BCUT2D eigenvalue weighted by Gasteiger charge is 2.21. The average molecular weight is 282 g/mol. The molecule has 0 amide bonds. The number of imidazole rings is 1. The van der Waals surface area contributed by atoms with Crippen LogP contribution in [-0.2, 0) is 26.7 Å². The van der Waals surface area contributed by atoms with Gasteiger partial charge in [0.1, 0.15) is 17.5 Å². The molecular weight excluding hydrogens is 264 g/mol. The number of para-hydroxylation sites is 2. The molecule has 21 heavy (non-hydrogen) atoms. The van der Waals surface area contributed by atoms with Crippen molar-refractivity contribution in [3.8, 4) is 0 Å². The minimum Gasteiger partial charge on any atom is -0.330 e. The normalized spacial score (nSPS) is 15.5. The SMILES string of the molecule is Cc1nnc2n1CCN(Cc1nc3ccccc3n1C)C2. The number of hydrogen-bond acceptors (Lipinski definition) is 4. The molecule has 2 aromatic heterocycles. The molecule has 0 saturated carbocycles. The molecule has 1 aromatic carbocycles. The van der Waals surface area contributed by atoms with E-state index in [4.69, 9.17) is 4.98 Å². The Bertz CT molecular complexity index is 800. The van der Waals surface area contributed by atoms with Gasteiger partial charge in [-0.3, -0.25) is 4.90 Å². The maximum absolute atomic E-state index is 4.75. The van der Waals surface area contributed by atoms with Crippen molar-refractivity contribution in [1.29, 1.82) is 0 Å². The van der Waals surface area contributed by atoms with E-state index in [0.29, 0.717) is 0 Å². The van der Waals surface area contributed by atoms with Gasteiger partial charge in [0.2, 0.25) is 0 Å². The van der Waals surface area contributed by atoms with E-state index in [9.17, 15) is 0 Å². The minimum absolute atomic E-state index is 0.837. The van der Waals surface area contributed by atoms with Crippen LogP contribution in [0.5, 0.6) is 0 Å². The molecule has 0 fully saturated rings. The second-order valence-corrected chi connectivity index (χ2v) is 5.60. The summed E-state index contributed by atoms with van der Waals surface area (Å²) in [7, 11) is 2.08. The lowest BCUT2D eigenvalue weighted by Crippen LogP contribution is -2.34. The van der Waals surface area contributed by atoms with Crippen molar-refractivity contribution in [3.63, 3.8) is 0 Å².